The zero-order valence-electron chi connectivity index (χ0n) is 17.0. The number of rotatable bonds is 7. The van der Waals surface area contributed by atoms with Crippen LogP contribution in [0.15, 0.2) is 28.7 Å². The standard InChI is InChI=1S/C21H28BrN5O2/c1-14(2)12-26-9-10-29-18(13-26)11-23-21(28)19-20(15-3-4-15)27(25-24-19)17-7-5-16(22)6-8-17/h5-8,14-15,18H,3-4,9-13H2,1-2H3,(H,23,28). The number of hydrogen-bond acceptors (Lipinski definition) is 5. The Morgan fingerprint density at radius 2 is 2.07 bits per heavy atom. The van der Waals surface area contributed by atoms with Crippen molar-refractivity contribution in [2.24, 2.45) is 5.92 Å². The van der Waals surface area contributed by atoms with E-state index in [1.807, 2.05) is 24.3 Å². The summed E-state index contributed by atoms with van der Waals surface area (Å²) in [6.07, 6.45) is 2.15. The minimum atomic E-state index is -0.167. The van der Waals surface area contributed by atoms with E-state index in [0.717, 1.165) is 48.3 Å². The second-order valence-electron chi connectivity index (χ2n) is 8.34. The summed E-state index contributed by atoms with van der Waals surface area (Å²) < 4.78 is 8.66. The molecule has 1 unspecified atom stereocenters. The minimum Gasteiger partial charge on any atom is -0.374 e. The normalized spacial score (nSPS) is 20.2. The number of hydrogen-bond donors (Lipinski definition) is 1. The molecule has 2 aromatic rings. The van der Waals surface area contributed by atoms with Gasteiger partial charge in [0, 0.05) is 36.6 Å². The molecule has 1 aromatic heterocycles. The number of amides is 1. The van der Waals surface area contributed by atoms with Crippen LogP contribution in [0.4, 0.5) is 0 Å². The van der Waals surface area contributed by atoms with Crippen molar-refractivity contribution in [2.45, 2.75) is 38.7 Å². The van der Waals surface area contributed by atoms with Gasteiger partial charge in [0.25, 0.3) is 5.91 Å². The monoisotopic (exact) mass is 461 g/mol. The van der Waals surface area contributed by atoms with Crippen LogP contribution in [0, 0.1) is 5.92 Å². The summed E-state index contributed by atoms with van der Waals surface area (Å²) in [7, 11) is 0. The van der Waals surface area contributed by atoms with E-state index in [1.54, 1.807) is 4.68 Å². The van der Waals surface area contributed by atoms with Crippen LogP contribution in [-0.2, 0) is 4.74 Å². The summed E-state index contributed by atoms with van der Waals surface area (Å²) in [6, 6.07) is 7.89. The highest BCUT2D eigenvalue weighted by molar-refractivity contribution is 9.10. The maximum atomic E-state index is 12.9. The number of carbonyl (C=O) groups excluding carboxylic acids is 1. The van der Waals surface area contributed by atoms with Gasteiger partial charge in [-0.05, 0) is 43.0 Å². The van der Waals surface area contributed by atoms with Crippen molar-refractivity contribution in [3.8, 4) is 5.69 Å². The molecule has 29 heavy (non-hydrogen) atoms. The fourth-order valence-electron chi connectivity index (χ4n) is 3.82. The number of morpholine rings is 1. The van der Waals surface area contributed by atoms with Crippen molar-refractivity contribution >= 4 is 21.8 Å². The molecule has 7 nitrogen and oxygen atoms in total. The van der Waals surface area contributed by atoms with Crippen LogP contribution in [0.1, 0.15) is 48.8 Å². The molecular weight excluding hydrogens is 434 g/mol. The minimum absolute atomic E-state index is 0.0114. The summed E-state index contributed by atoms with van der Waals surface area (Å²) in [5.74, 6) is 0.805. The van der Waals surface area contributed by atoms with Crippen LogP contribution in [0.3, 0.4) is 0 Å². The molecule has 0 spiro atoms. The smallest absolute Gasteiger partial charge is 0.273 e. The summed E-state index contributed by atoms with van der Waals surface area (Å²) in [5.41, 5.74) is 2.27. The van der Waals surface area contributed by atoms with Gasteiger partial charge in [-0.25, -0.2) is 4.68 Å². The molecule has 1 N–H and O–H groups in total. The second-order valence-corrected chi connectivity index (χ2v) is 9.26. The van der Waals surface area contributed by atoms with Crippen molar-refractivity contribution < 1.29 is 9.53 Å². The van der Waals surface area contributed by atoms with Gasteiger partial charge < -0.3 is 10.1 Å². The molecule has 1 amide bonds. The molecule has 2 fully saturated rings. The first-order valence-electron chi connectivity index (χ1n) is 10.3. The third kappa shape index (κ3) is 5.05. The first kappa shape index (κ1) is 20.5. The number of nitrogens with zero attached hydrogens (tertiary/aromatic N) is 4. The SMILES string of the molecule is CC(C)CN1CCOC(CNC(=O)c2nnn(-c3ccc(Br)cc3)c2C2CC2)C1. The number of carbonyl (C=O) groups is 1. The lowest BCUT2D eigenvalue weighted by Gasteiger charge is -2.33. The Hall–Kier alpha value is -1.77. The number of halogens is 1. The molecule has 2 heterocycles. The van der Waals surface area contributed by atoms with Gasteiger partial charge in [0.1, 0.15) is 0 Å². The van der Waals surface area contributed by atoms with E-state index in [-0.39, 0.29) is 12.0 Å². The Bertz CT molecular complexity index is 847. The van der Waals surface area contributed by atoms with E-state index in [9.17, 15) is 4.79 Å². The van der Waals surface area contributed by atoms with Crippen molar-refractivity contribution in [3.05, 3.63) is 40.1 Å². The van der Waals surface area contributed by atoms with Crippen LogP contribution in [0.2, 0.25) is 0 Å². The van der Waals surface area contributed by atoms with Crippen LogP contribution in [0.25, 0.3) is 5.69 Å². The van der Waals surface area contributed by atoms with Crippen molar-refractivity contribution in [3.63, 3.8) is 0 Å². The molecule has 1 saturated carbocycles. The summed E-state index contributed by atoms with van der Waals surface area (Å²) in [6.45, 7) is 8.50. The quantitative estimate of drug-likeness (QED) is 0.685. The maximum Gasteiger partial charge on any atom is 0.273 e. The van der Waals surface area contributed by atoms with E-state index >= 15 is 0 Å². The van der Waals surface area contributed by atoms with Crippen molar-refractivity contribution in [1.29, 1.82) is 0 Å². The Balaban J connectivity index is 1.43. The molecule has 1 aromatic carbocycles. The van der Waals surface area contributed by atoms with Gasteiger partial charge in [0.2, 0.25) is 0 Å². The molecule has 1 aliphatic heterocycles. The highest BCUT2D eigenvalue weighted by Crippen LogP contribution is 2.42. The van der Waals surface area contributed by atoms with Crippen molar-refractivity contribution in [2.75, 3.05) is 32.8 Å². The molecule has 4 rings (SSSR count). The summed E-state index contributed by atoms with van der Waals surface area (Å²) in [4.78, 5) is 15.3. The third-order valence-electron chi connectivity index (χ3n) is 5.29. The van der Waals surface area contributed by atoms with Gasteiger partial charge in [0.05, 0.1) is 24.1 Å². The van der Waals surface area contributed by atoms with Gasteiger partial charge in [-0.3, -0.25) is 9.69 Å². The second kappa shape index (κ2) is 8.93. The van der Waals surface area contributed by atoms with Gasteiger partial charge in [-0.1, -0.05) is 35.0 Å². The van der Waals surface area contributed by atoms with Crippen LogP contribution in [0.5, 0.6) is 0 Å². The molecule has 1 atom stereocenters. The predicted molar refractivity (Wildman–Crippen MR) is 114 cm³/mol. The van der Waals surface area contributed by atoms with Gasteiger partial charge in [0.15, 0.2) is 5.69 Å². The molecule has 156 valence electrons. The first-order valence-corrected chi connectivity index (χ1v) is 11.1. The Kier molecular flexibility index (Phi) is 6.32. The predicted octanol–water partition coefficient (Wildman–Crippen LogP) is 2.99. The molecule has 1 saturated heterocycles. The number of nitrogens with one attached hydrogen (secondary N) is 1. The molecule has 0 radical (unpaired) electrons. The zero-order valence-corrected chi connectivity index (χ0v) is 18.6. The largest absolute Gasteiger partial charge is 0.374 e. The van der Waals surface area contributed by atoms with Crippen LogP contribution in [-0.4, -0.2) is 64.7 Å². The molecular formula is C21H28BrN5O2. The van der Waals surface area contributed by atoms with Crippen molar-refractivity contribution in [1.82, 2.24) is 25.2 Å². The highest BCUT2D eigenvalue weighted by atomic mass is 79.9. The molecule has 0 bridgehead atoms. The molecule has 1 aliphatic carbocycles. The van der Waals surface area contributed by atoms with Crippen LogP contribution >= 0.6 is 15.9 Å². The van der Waals surface area contributed by atoms with E-state index in [2.05, 4.69) is 50.3 Å². The van der Waals surface area contributed by atoms with Gasteiger partial charge in [-0.2, -0.15) is 0 Å². The fraction of sp³-hybridized carbons (Fsp3) is 0.571. The third-order valence-corrected chi connectivity index (χ3v) is 5.82. The summed E-state index contributed by atoms with van der Waals surface area (Å²) >= 11 is 3.46. The number of benzene rings is 1. The van der Waals surface area contributed by atoms with Gasteiger partial charge in [-0.15, -0.1) is 5.10 Å². The van der Waals surface area contributed by atoms with Crippen LogP contribution < -0.4 is 5.32 Å². The lowest BCUT2D eigenvalue weighted by Crippen LogP contribution is -2.48. The first-order chi connectivity index (χ1) is 14.0. The van der Waals surface area contributed by atoms with E-state index in [0.29, 0.717) is 30.7 Å². The summed E-state index contributed by atoms with van der Waals surface area (Å²) in [5, 5.41) is 11.5. The Morgan fingerprint density at radius 3 is 2.76 bits per heavy atom. The lowest BCUT2D eigenvalue weighted by molar-refractivity contribution is -0.0295. The Labute approximate surface area is 179 Å². The molecule has 8 heteroatoms. The zero-order chi connectivity index (χ0) is 20.4. The topological polar surface area (TPSA) is 72.3 Å². The lowest BCUT2D eigenvalue weighted by atomic mass is 10.1. The fourth-order valence-corrected chi connectivity index (χ4v) is 4.09. The van der Waals surface area contributed by atoms with E-state index in [1.165, 1.54) is 0 Å². The van der Waals surface area contributed by atoms with E-state index in [4.69, 9.17) is 4.74 Å². The van der Waals surface area contributed by atoms with E-state index < -0.39 is 0 Å². The maximum absolute atomic E-state index is 12.9. The molecule has 2 aliphatic rings. The Morgan fingerprint density at radius 1 is 1.31 bits per heavy atom. The van der Waals surface area contributed by atoms with Gasteiger partial charge >= 0.3 is 0 Å². The average molecular weight is 462 g/mol. The number of aromatic nitrogens is 3. The highest BCUT2D eigenvalue weighted by Gasteiger charge is 2.34. The average Bonchev–Trinajstić information content (AvgIpc) is 3.44. The number of ether oxygens (including phenoxy) is 1.